The predicted octanol–water partition coefficient (Wildman–Crippen LogP) is 1.95. The summed E-state index contributed by atoms with van der Waals surface area (Å²) >= 11 is 0. The minimum absolute atomic E-state index is 0.0283. The molecule has 1 heterocycles. The summed E-state index contributed by atoms with van der Waals surface area (Å²) in [6.45, 7) is 7.19. The molecule has 262 valence electrons. The van der Waals surface area contributed by atoms with Crippen LogP contribution in [0.5, 0.6) is 0 Å². The van der Waals surface area contributed by atoms with E-state index in [-0.39, 0.29) is 43.1 Å². The molecule has 0 saturated carbocycles. The molecule has 49 heavy (non-hydrogen) atoms. The standard InChI is InChI=1S/C35H45N7O6S/c1-24-15-17-28(18-16-24)49(47,48)42-34(36)38-20-10-14-29(40-30(44)22-26-13-8-9-19-37-26)32(45)41-31(35(2,3)4)33(46)39-27(23-43)21-25-11-6-5-7-12-25/h5-9,11-13,15-19,23,27,29,31H,10,14,20-22H2,1-4H3,(H,39,46)(H,40,44)(H,41,45)(H3,36,38,42)/t27-,29-,31+/m0/s1. The highest BCUT2D eigenvalue weighted by atomic mass is 32.2. The molecule has 6 N–H and O–H groups in total. The van der Waals surface area contributed by atoms with Crippen molar-refractivity contribution in [2.75, 3.05) is 6.54 Å². The van der Waals surface area contributed by atoms with Crippen LogP contribution in [0.25, 0.3) is 0 Å². The van der Waals surface area contributed by atoms with Gasteiger partial charge in [0.05, 0.1) is 17.4 Å². The fourth-order valence-electron chi connectivity index (χ4n) is 4.81. The van der Waals surface area contributed by atoms with E-state index in [0.717, 1.165) is 11.1 Å². The van der Waals surface area contributed by atoms with Gasteiger partial charge in [0, 0.05) is 18.4 Å². The minimum Gasteiger partial charge on any atom is -0.369 e. The fourth-order valence-corrected chi connectivity index (χ4v) is 5.76. The van der Waals surface area contributed by atoms with Crippen LogP contribution in [0, 0.1) is 12.3 Å². The van der Waals surface area contributed by atoms with Gasteiger partial charge in [-0.2, -0.15) is 0 Å². The Hall–Kier alpha value is -5.11. The summed E-state index contributed by atoms with van der Waals surface area (Å²) < 4.78 is 27.5. The highest BCUT2D eigenvalue weighted by Gasteiger charge is 2.35. The van der Waals surface area contributed by atoms with Crippen molar-refractivity contribution >= 4 is 40.0 Å². The van der Waals surface area contributed by atoms with Gasteiger partial charge in [-0.05, 0) is 61.4 Å². The number of hydrogen-bond acceptors (Lipinski definition) is 8. The van der Waals surface area contributed by atoms with E-state index in [2.05, 4.69) is 30.6 Å². The molecule has 0 saturated heterocycles. The number of rotatable bonds is 16. The molecule has 1 aromatic heterocycles. The molecule has 13 nitrogen and oxygen atoms in total. The summed E-state index contributed by atoms with van der Waals surface area (Å²) in [6.07, 6.45) is 2.72. The Morgan fingerprint density at radius 3 is 2.20 bits per heavy atom. The van der Waals surface area contributed by atoms with E-state index >= 15 is 0 Å². The Bertz CT molecular complexity index is 1690. The Labute approximate surface area is 287 Å². The lowest BCUT2D eigenvalue weighted by atomic mass is 9.85. The fraction of sp³-hybridized carbons (Fsp3) is 0.371. The lowest BCUT2D eigenvalue weighted by molar-refractivity contribution is -0.134. The number of aromatic nitrogens is 1. The summed E-state index contributed by atoms with van der Waals surface area (Å²) in [5, 5.41) is 8.23. The molecular formula is C35H45N7O6S. The van der Waals surface area contributed by atoms with Crippen LogP contribution < -0.4 is 26.4 Å². The number of benzene rings is 2. The van der Waals surface area contributed by atoms with E-state index in [1.807, 2.05) is 37.3 Å². The first-order chi connectivity index (χ1) is 23.2. The average molecular weight is 692 g/mol. The highest BCUT2D eigenvalue weighted by Crippen LogP contribution is 2.20. The quantitative estimate of drug-likeness (QED) is 0.0649. The Kier molecular flexibility index (Phi) is 14.0. The summed E-state index contributed by atoms with van der Waals surface area (Å²) in [5.74, 6) is -1.96. The minimum atomic E-state index is -3.95. The Morgan fingerprint density at radius 1 is 0.918 bits per heavy atom. The van der Waals surface area contributed by atoms with E-state index in [0.29, 0.717) is 12.0 Å². The van der Waals surface area contributed by atoms with Gasteiger partial charge in [0.25, 0.3) is 10.0 Å². The molecule has 0 radical (unpaired) electrons. The van der Waals surface area contributed by atoms with Crippen molar-refractivity contribution in [3.63, 3.8) is 0 Å². The third-order valence-electron chi connectivity index (χ3n) is 7.43. The molecule has 0 spiro atoms. The van der Waals surface area contributed by atoms with E-state index in [9.17, 15) is 27.6 Å². The number of aryl methyl sites for hydroxylation is 1. The first kappa shape index (κ1) is 38.3. The van der Waals surface area contributed by atoms with E-state index in [4.69, 9.17) is 5.73 Å². The number of carbonyl (C=O) groups excluding carboxylic acids is 4. The van der Waals surface area contributed by atoms with Crippen LogP contribution in [-0.4, -0.2) is 68.0 Å². The number of sulfonamides is 1. The van der Waals surface area contributed by atoms with Gasteiger partial charge in [0.15, 0.2) is 0 Å². The molecule has 3 amide bonds. The Morgan fingerprint density at radius 2 is 1.59 bits per heavy atom. The van der Waals surface area contributed by atoms with E-state index in [1.165, 1.54) is 12.1 Å². The van der Waals surface area contributed by atoms with Crippen molar-refractivity contribution in [3.8, 4) is 0 Å². The number of guanidine groups is 1. The Balaban J connectivity index is 1.71. The number of nitrogens with zero attached hydrogens (tertiary/aromatic N) is 2. The van der Waals surface area contributed by atoms with E-state index < -0.39 is 51.3 Å². The van der Waals surface area contributed by atoms with Crippen molar-refractivity contribution in [1.29, 1.82) is 0 Å². The number of nitrogens with one attached hydrogen (secondary N) is 4. The summed E-state index contributed by atoms with van der Waals surface area (Å²) in [7, 11) is -3.95. The van der Waals surface area contributed by atoms with Gasteiger partial charge in [-0.25, -0.2) is 13.1 Å². The molecule has 0 aliphatic heterocycles. The average Bonchev–Trinajstić information content (AvgIpc) is 3.04. The van der Waals surface area contributed by atoms with E-state index in [1.54, 1.807) is 57.3 Å². The van der Waals surface area contributed by atoms with Crippen LogP contribution >= 0.6 is 0 Å². The lowest BCUT2D eigenvalue weighted by Gasteiger charge is -2.32. The number of nitrogens with two attached hydrogens (primary N) is 1. The second kappa shape index (κ2) is 17.9. The molecule has 3 atom stereocenters. The number of aldehydes is 1. The molecule has 0 unspecified atom stereocenters. The topological polar surface area (TPSA) is 202 Å². The normalized spacial score (nSPS) is 13.8. The van der Waals surface area contributed by atoms with Crippen LogP contribution in [0.1, 0.15) is 50.4 Å². The van der Waals surface area contributed by atoms with Gasteiger partial charge in [-0.1, -0.05) is 74.9 Å². The van der Waals surface area contributed by atoms with Gasteiger partial charge >= 0.3 is 0 Å². The van der Waals surface area contributed by atoms with Crippen LogP contribution in [0.3, 0.4) is 0 Å². The predicted molar refractivity (Wildman–Crippen MR) is 187 cm³/mol. The number of aliphatic imine (C=N–C) groups is 1. The van der Waals surface area contributed by atoms with Gasteiger partial charge < -0.3 is 26.5 Å². The molecule has 3 rings (SSSR count). The zero-order valence-electron chi connectivity index (χ0n) is 28.2. The molecule has 14 heteroatoms. The lowest BCUT2D eigenvalue weighted by Crippen LogP contribution is -2.59. The van der Waals surface area contributed by atoms with Crippen LogP contribution in [-0.2, 0) is 42.0 Å². The monoisotopic (exact) mass is 691 g/mol. The molecular weight excluding hydrogens is 646 g/mol. The van der Waals surface area contributed by atoms with Crippen molar-refractivity contribution in [3.05, 3.63) is 95.8 Å². The zero-order chi connectivity index (χ0) is 36.0. The maximum Gasteiger partial charge on any atom is 0.264 e. The number of amides is 3. The number of pyridine rings is 1. The maximum absolute atomic E-state index is 13.7. The molecule has 0 bridgehead atoms. The SMILES string of the molecule is Cc1ccc(S(=O)(=O)NC(N)=NCCC[C@H](NC(=O)Cc2ccccn2)C(=O)N[C@H](C(=O)N[C@H](C=O)Cc2ccccc2)C(C)(C)C)cc1. The third-order valence-corrected chi connectivity index (χ3v) is 8.80. The van der Waals surface area contributed by atoms with Gasteiger partial charge in [-0.3, -0.25) is 24.4 Å². The highest BCUT2D eigenvalue weighted by molar-refractivity contribution is 7.90. The molecule has 2 aromatic carbocycles. The summed E-state index contributed by atoms with van der Waals surface area (Å²) in [4.78, 5) is 60.3. The van der Waals surface area contributed by atoms with Crippen molar-refractivity contribution in [2.24, 2.45) is 16.1 Å². The second-order valence-corrected chi connectivity index (χ2v) is 14.4. The first-order valence-electron chi connectivity index (χ1n) is 15.9. The van der Waals surface area contributed by atoms with Gasteiger partial charge in [0.1, 0.15) is 18.4 Å². The molecule has 0 aliphatic rings. The third kappa shape index (κ3) is 12.8. The smallest absolute Gasteiger partial charge is 0.264 e. The summed E-state index contributed by atoms with van der Waals surface area (Å²) in [5.41, 5.74) is 7.34. The molecule has 0 fully saturated rings. The van der Waals surface area contributed by atoms with Crippen molar-refractivity contribution in [2.45, 2.75) is 76.4 Å². The second-order valence-electron chi connectivity index (χ2n) is 12.7. The maximum atomic E-state index is 13.7. The summed E-state index contributed by atoms with van der Waals surface area (Å²) in [6, 6.07) is 17.6. The van der Waals surface area contributed by atoms with Gasteiger partial charge in [0.2, 0.25) is 23.7 Å². The van der Waals surface area contributed by atoms with Crippen molar-refractivity contribution in [1.82, 2.24) is 25.7 Å². The zero-order valence-corrected chi connectivity index (χ0v) is 29.0. The van der Waals surface area contributed by atoms with Crippen LogP contribution in [0.15, 0.2) is 88.9 Å². The van der Waals surface area contributed by atoms with Crippen molar-refractivity contribution < 1.29 is 27.6 Å². The number of hydrogen-bond donors (Lipinski definition) is 5. The van der Waals surface area contributed by atoms with Crippen LogP contribution in [0.2, 0.25) is 0 Å². The van der Waals surface area contributed by atoms with Crippen LogP contribution in [0.4, 0.5) is 0 Å². The largest absolute Gasteiger partial charge is 0.369 e. The van der Waals surface area contributed by atoms with Gasteiger partial charge in [-0.15, -0.1) is 0 Å². The molecule has 0 aliphatic carbocycles. The number of carbonyl (C=O) groups is 4. The first-order valence-corrected chi connectivity index (χ1v) is 17.3. The molecule has 3 aromatic rings.